The first-order valence-electron chi connectivity index (χ1n) is 7.83. The molecule has 1 N–H and O–H groups in total. The van der Waals surface area contributed by atoms with Crippen LogP contribution in [0.2, 0.25) is 0 Å². The summed E-state index contributed by atoms with van der Waals surface area (Å²) in [6.45, 7) is 1.76. The molecule has 1 saturated heterocycles. The molecule has 1 aliphatic rings. The molecular weight excluding hydrogens is 370 g/mol. The Kier molecular flexibility index (Phi) is 3.73. The number of fused-ring (bicyclic) bond motifs is 1. The Hall–Kier alpha value is -2.40. The van der Waals surface area contributed by atoms with Gasteiger partial charge in [0.1, 0.15) is 23.8 Å². The second-order valence-corrected chi connectivity index (χ2v) is 6.94. The molecule has 0 radical (unpaired) electrons. The van der Waals surface area contributed by atoms with Crippen LogP contribution in [-0.2, 0) is 7.05 Å². The molecule has 2 aromatic heterocycles. The van der Waals surface area contributed by atoms with Crippen LogP contribution in [-0.4, -0.2) is 38.1 Å². The molecule has 0 amide bonds. The van der Waals surface area contributed by atoms with E-state index in [1.54, 1.807) is 12.5 Å². The lowest BCUT2D eigenvalue weighted by atomic mass is 9.95. The van der Waals surface area contributed by atoms with Gasteiger partial charge in [-0.2, -0.15) is 10.4 Å². The zero-order valence-electron chi connectivity index (χ0n) is 13.2. The second kappa shape index (κ2) is 5.91. The third kappa shape index (κ3) is 2.36. The van der Waals surface area contributed by atoms with E-state index in [1.807, 2.05) is 17.7 Å². The third-order valence-corrected chi connectivity index (χ3v) is 5.30. The van der Waals surface area contributed by atoms with Gasteiger partial charge in [0.25, 0.3) is 0 Å². The zero-order valence-corrected chi connectivity index (χ0v) is 14.8. The monoisotopic (exact) mass is 385 g/mol. The van der Waals surface area contributed by atoms with Crippen LogP contribution < -0.4 is 4.90 Å². The number of anilines is 1. The van der Waals surface area contributed by atoms with E-state index in [9.17, 15) is 5.26 Å². The van der Waals surface area contributed by atoms with Crippen LogP contribution in [0.1, 0.15) is 30.1 Å². The fourth-order valence-corrected chi connectivity index (χ4v) is 4.18. The number of aromatic amines is 1. The maximum atomic E-state index is 9.66. The molecule has 0 atom stereocenters. The van der Waals surface area contributed by atoms with Gasteiger partial charge in [0.2, 0.25) is 0 Å². The van der Waals surface area contributed by atoms with Gasteiger partial charge in [0, 0.05) is 35.9 Å². The fourth-order valence-electron chi connectivity index (χ4n) is 3.49. The molecule has 1 fully saturated rings. The summed E-state index contributed by atoms with van der Waals surface area (Å²) >= 11 is 3.63. The van der Waals surface area contributed by atoms with Crippen molar-refractivity contribution < 1.29 is 0 Å². The Balaban J connectivity index is 1.64. The average molecular weight is 386 g/mol. The SMILES string of the molecule is Cn1cnnc1C1CCN(c2c(Br)cc3cn[nH]c3c2C#N)CC1. The lowest BCUT2D eigenvalue weighted by Gasteiger charge is -2.34. The number of aromatic nitrogens is 5. The van der Waals surface area contributed by atoms with Crippen molar-refractivity contribution in [2.45, 2.75) is 18.8 Å². The van der Waals surface area contributed by atoms with Crippen LogP contribution in [0.5, 0.6) is 0 Å². The van der Waals surface area contributed by atoms with Crippen molar-refractivity contribution in [1.82, 2.24) is 25.0 Å². The van der Waals surface area contributed by atoms with Gasteiger partial charge in [-0.15, -0.1) is 10.2 Å². The highest BCUT2D eigenvalue weighted by Crippen LogP contribution is 2.38. The van der Waals surface area contributed by atoms with Crippen molar-refractivity contribution in [3.05, 3.63) is 34.5 Å². The van der Waals surface area contributed by atoms with Gasteiger partial charge in [-0.25, -0.2) is 0 Å². The van der Waals surface area contributed by atoms with E-state index in [4.69, 9.17) is 0 Å². The first-order valence-corrected chi connectivity index (χ1v) is 8.63. The highest BCUT2D eigenvalue weighted by atomic mass is 79.9. The quantitative estimate of drug-likeness (QED) is 0.732. The second-order valence-electron chi connectivity index (χ2n) is 6.09. The van der Waals surface area contributed by atoms with Crippen molar-refractivity contribution in [1.29, 1.82) is 5.26 Å². The lowest BCUT2D eigenvalue weighted by molar-refractivity contribution is 0.474. The Morgan fingerprint density at radius 1 is 1.38 bits per heavy atom. The summed E-state index contributed by atoms with van der Waals surface area (Å²) in [6, 6.07) is 4.36. The first-order chi connectivity index (χ1) is 11.7. The van der Waals surface area contributed by atoms with Gasteiger partial charge < -0.3 is 9.47 Å². The zero-order chi connectivity index (χ0) is 16.7. The number of nitrogens with one attached hydrogen (secondary N) is 1. The Morgan fingerprint density at radius 2 is 2.17 bits per heavy atom. The van der Waals surface area contributed by atoms with E-state index in [-0.39, 0.29) is 0 Å². The molecule has 8 heteroatoms. The number of rotatable bonds is 2. The molecule has 0 spiro atoms. The molecular formula is C16H16BrN7. The molecule has 1 aromatic carbocycles. The number of nitrogens with zero attached hydrogens (tertiary/aromatic N) is 6. The van der Waals surface area contributed by atoms with Crippen LogP contribution in [0.3, 0.4) is 0 Å². The summed E-state index contributed by atoms with van der Waals surface area (Å²) in [5, 5.41) is 25.8. The van der Waals surface area contributed by atoms with Crippen LogP contribution in [0.15, 0.2) is 23.1 Å². The fraction of sp³-hybridized carbons (Fsp3) is 0.375. The number of halogens is 1. The van der Waals surface area contributed by atoms with Gasteiger partial charge in [0.15, 0.2) is 0 Å². The average Bonchev–Trinajstić information content (AvgIpc) is 3.22. The van der Waals surface area contributed by atoms with E-state index in [0.717, 1.165) is 52.8 Å². The van der Waals surface area contributed by atoms with Crippen LogP contribution in [0.4, 0.5) is 5.69 Å². The van der Waals surface area contributed by atoms with Gasteiger partial charge in [-0.3, -0.25) is 5.10 Å². The predicted molar refractivity (Wildman–Crippen MR) is 93.7 cm³/mol. The van der Waals surface area contributed by atoms with Crippen molar-refractivity contribution in [2.24, 2.45) is 7.05 Å². The summed E-state index contributed by atoms with van der Waals surface area (Å²) < 4.78 is 2.93. The molecule has 1 aliphatic heterocycles. The van der Waals surface area contributed by atoms with Crippen molar-refractivity contribution >= 4 is 32.5 Å². The third-order valence-electron chi connectivity index (χ3n) is 4.70. The van der Waals surface area contributed by atoms with Crippen LogP contribution in [0.25, 0.3) is 10.9 Å². The molecule has 3 heterocycles. The molecule has 3 aromatic rings. The van der Waals surface area contributed by atoms with Gasteiger partial charge in [-0.05, 0) is 34.8 Å². The smallest absolute Gasteiger partial charge is 0.135 e. The molecule has 4 rings (SSSR count). The summed E-state index contributed by atoms with van der Waals surface area (Å²) in [5.74, 6) is 1.45. The summed E-state index contributed by atoms with van der Waals surface area (Å²) in [7, 11) is 1.98. The Bertz CT molecular complexity index is 928. The number of aryl methyl sites for hydroxylation is 1. The minimum Gasteiger partial charge on any atom is -0.369 e. The van der Waals surface area contributed by atoms with E-state index < -0.39 is 0 Å². The maximum absolute atomic E-state index is 9.66. The summed E-state index contributed by atoms with van der Waals surface area (Å²) in [6.07, 6.45) is 5.47. The minimum atomic E-state index is 0.411. The predicted octanol–water partition coefficient (Wildman–Crippen LogP) is 2.71. The summed E-state index contributed by atoms with van der Waals surface area (Å²) in [4.78, 5) is 2.27. The standard InChI is InChI=1S/C16H16BrN7/c1-23-9-20-22-16(23)10-2-4-24(5-3-10)15-12(7-18)14-11(6-13(15)17)8-19-21-14/h6,8-10H,2-5H2,1H3,(H,19,21). The topological polar surface area (TPSA) is 86.4 Å². The Labute approximate surface area is 147 Å². The maximum Gasteiger partial charge on any atom is 0.135 e. The molecule has 122 valence electrons. The van der Waals surface area contributed by atoms with E-state index in [2.05, 4.69) is 47.3 Å². The summed E-state index contributed by atoms with van der Waals surface area (Å²) in [5.41, 5.74) is 2.39. The van der Waals surface area contributed by atoms with Gasteiger partial charge in [0.05, 0.1) is 17.4 Å². The molecule has 7 nitrogen and oxygen atoms in total. The van der Waals surface area contributed by atoms with E-state index >= 15 is 0 Å². The normalized spacial score (nSPS) is 15.8. The number of hydrogen-bond acceptors (Lipinski definition) is 5. The van der Waals surface area contributed by atoms with E-state index in [0.29, 0.717) is 11.5 Å². The molecule has 24 heavy (non-hydrogen) atoms. The Morgan fingerprint density at radius 3 is 2.83 bits per heavy atom. The minimum absolute atomic E-state index is 0.411. The number of hydrogen-bond donors (Lipinski definition) is 1. The number of piperidine rings is 1. The number of benzene rings is 1. The van der Waals surface area contributed by atoms with Crippen molar-refractivity contribution in [3.63, 3.8) is 0 Å². The van der Waals surface area contributed by atoms with Gasteiger partial charge in [-0.1, -0.05) is 0 Å². The molecule has 0 aliphatic carbocycles. The van der Waals surface area contributed by atoms with Crippen molar-refractivity contribution in [3.8, 4) is 6.07 Å². The lowest BCUT2D eigenvalue weighted by Crippen LogP contribution is -2.34. The first kappa shape index (κ1) is 15.1. The molecule has 0 unspecified atom stereocenters. The largest absolute Gasteiger partial charge is 0.369 e. The molecule has 0 saturated carbocycles. The van der Waals surface area contributed by atoms with Crippen LogP contribution >= 0.6 is 15.9 Å². The highest BCUT2D eigenvalue weighted by Gasteiger charge is 2.27. The van der Waals surface area contributed by atoms with E-state index in [1.165, 1.54) is 0 Å². The highest BCUT2D eigenvalue weighted by molar-refractivity contribution is 9.10. The molecule has 0 bridgehead atoms. The van der Waals surface area contributed by atoms with Crippen molar-refractivity contribution in [2.75, 3.05) is 18.0 Å². The van der Waals surface area contributed by atoms with Gasteiger partial charge >= 0.3 is 0 Å². The van der Waals surface area contributed by atoms with Crippen LogP contribution in [0, 0.1) is 11.3 Å². The number of H-pyrrole nitrogens is 1. The number of nitriles is 1.